The molecule has 18 heavy (non-hydrogen) atoms. The number of nitrogens with zero attached hydrogens (tertiary/aromatic N) is 1. The Morgan fingerprint density at radius 1 is 1.39 bits per heavy atom. The number of likely N-dealkylation sites (N-methyl/N-ethyl adjacent to an activating group) is 1. The standard InChI is InChI=1S/C14H28N2O2/c1-13(2,3)11(15)9-12(17)16(4)10-14(18)7-5-6-8-14/h11,18H,5-10,15H2,1-4H3. The molecule has 1 aliphatic carbocycles. The molecular weight excluding hydrogens is 228 g/mol. The van der Waals surface area contributed by atoms with Crippen molar-refractivity contribution in [2.45, 2.75) is 64.5 Å². The Balaban J connectivity index is 2.46. The first kappa shape index (κ1) is 15.4. The largest absolute Gasteiger partial charge is 0.388 e. The third-order valence-electron chi connectivity index (χ3n) is 4.00. The van der Waals surface area contributed by atoms with Gasteiger partial charge in [-0.05, 0) is 18.3 Å². The Kier molecular flexibility index (Phi) is 4.78. The molecule has 0 bridgehead atoms. The monoisotopic (exact) mass is 256 g/mol. The average Bonchev–Trinajstić information content (AvgIpc) is 2.63. The van der Waals surface area contributed by atoms with Crippen molar-refractivity contribution >= 4 is 5.91 Å². The number of carbonyl (C=O) groups excluding carboxylic acids is 1. The highest BCUT2D eigenvalue weighted by molar-refractivity contribution is 5.76. The lowest BCUT2D eigenvalue weighted by atomic mass is 9.85. The Labute approximate surface area is 111 Å². The van der Waals surface area contributed by atoms with E-state index in [0.29, 0.717) is 13.0 Å². The maximum atomic E-state index is 12.1. The molecule has 1 unspecified atom stereocenters. The molecule has 4 nitrogen and oxygen atoms in total. The van der Waals surface area contributed by atoms with Gasteiger partial charge >= 0.3 is 0 Å². The zero-order valence-corrected chi connectivity index (χ0v) is 12.2. The lowest BCUT2D eigenvalue weighted by molar-refractivity contribution is -0.134. The molecule has 1 saturated carbocycles. The minimum Gasteiger partial charge on any atom is -0.388 e. The molecule has 0 aromatic rings. The van der Waals surface area contributed by atoms with Crippen LogP contribution in [-0.2, 0) is 4.79 Å². The van der Waals surface area contributed by atoms with Gasteiger partial charge in [-0.3, -0.25) is 4.79 Å². The Bertz CT molecular complexity index is 291. The minimum absolute atomic E-state index is 0.0257. The molecule has 0 aliphatic heterocycles. The van der Waals surface area contributed by atoms with Crippen LogP contribution in [0.4, 0.5) is 0 Å². The molecular formula is C14H28N2O2. The first-order valence-corrected chi connectivity index (χ1v) is 6.86. The van der Waals surface area contributed by atoms with Gasteiger partial charge in [-0.2, -0.15) is 0 Å². The van der Waals surface area contributed by atoms with Crippen molar-refractivity contribution in [2.24, 2.45) is 11.1 Å². The van der Waals surface area contributed by atoms with Crippen LogP contribution in [0.25, 0.3) is 0 Å². The number of rotatable bonds is 4. The lowest BCUT2D eigenvalue weighted by Gasteiger charge is -2.31. The molecule has 106 valence electrons. The Morgan fingerprint density at radius 3 is 2.33 bits per heavy atom. The predicted molar refractivity (Wildman–Crippen MR) is 73.1 cm³/mol. The van der Waals surface area contributed by atoms with Gasteiger partial charge in [-0.1, -0.05) is 33.6 Å². The van der Waals surface area contributed by atoms with Crippen LogP contribution in [0.5, 0.6) is 0 Å². The summed E-state index contributed by atoms with van der Waals surface area (Å²) in [5, 5.41) is 10.3. The van der Waals surface area contributed by atoms with E-state index >= 15 is 0 Å². The van der Waals surface area contributed by atoms with Crippen molar-refractivity contribution in [1.82, 2.24) is 4.90 Å². The summed E-state index contributed by atoms with van der Waals surface area (Å²) in [5.41, 5.74) is 5.28. The van der Waals surface area contributed by atoms with Gasteiger partial charge in [0.2, 0.25) is 5.91 Å². The van der Waals surface area contributed by atoms with Gasteiger partial charge in [0.1, 0.15) is 0 Å². The molecule has 1 rings (SSSR count). The summed E-state index contributed by atoms with van der Waals surface area (Å²) in [6.45, 7) is 6.54. The van der Waals surface area contributed by atoms with Gasteiger partial charge < -0.3 is 15.7 Å². The summed E-state index contributed by atoms with van der Waals surface area (Å²) in [5.74, 6) is 0.0257. The molecule has 4 heteroatoms. The van der Waals surface area contributed by atoms with Crippen molar-refractivity contribution in [2.75, 3.05) is 13.6 Å². The molecule has 3 N–H and O–H groups in total. The second-order valence-electron chi connectivity index (χ2n) is 6.86. The second-order valence-corrected chi connectivity index (χ2v) is 6.86. The van der Waals surface area contributed by atoms with Gasteiger partial charge in [0.15, 0.2) is 0 Å². The van der Waals surface area contributed by atoms with E-state index in [0.717, 1.165) is 25.7 Å². The van der Waals surface area contributed by atoms with Gasteiger partial charge in [0.25, 0.3) is 0 Å². The topological polar surface area (TPSA) is 66.6 Å². The van der Waals surface area contributed by atoms with E-state index in [1.165, 1.54) is 0 Å². The van der Waals surface area contributed by atoms with Crippen molar-refractivity contribution in [3.63, 3.8) is 0 Å². The number of amides is 1. The number of nitrogens with two attached hydrogens (primary N) is 1. The smallest absolute Gasteiger partial charge is 0.223 e. The maximum absolute atomic E-state index is 12.1. The van der Waals surface area contributed by atoms with Crippen LogP contribution >= 0.6 is 0 Å². The fourth-order valence-electron chi connectivity index (χ4n) is 2.37. The summed E-state index contributed by atoms with van der Waals surface area (Å²) in [6.07, 6.45) is 4.06. The third kappa shape index (κ3) is 4.25. The number of hydrogen-bond donors (Lipinski definition) is 2. The van der Waals surface area contributed by atoms with Gasteiger partial charge in [0.05, 0.1) is 5.60 Å². The molecule has 1 amide bonds. The van der Waals surface area contributed by atoms with Crippen molar-refractivity contribution in [3.05, 3.63) is 0 Å². The maximum Gasteiger partial charge on any atom is 0.223 e. The van der Waals surface area contributed by atoms with E-state index in [-0.39, 0.29) is 17.4 Å². The second kappa shape index (κ2) is 5.57. The number of hydrogen-bond acceptors (Lipinski definition) is 3. The van der Waals surface area contributed by atoms with Crippen molar-refractivity contribution in [1.29, 1.82) is 0 Å². The molecule has 0 heterocycles. The molecule has 0 radical (unpaired) electrons. The highest BCUT2D eigenvalue weighted by Gasteiger charge is 2.34. The van der Waals surface area contributed by atoms with Gasteiger partial charge in [-0.25, -0.2) is 0 Å². The number of carbonyl (C=O) groups is 1. The molecule has 1 fully saturated rings. The zero-order valence-electron chi connectivity index (χ0n) is 12.2. The zero-order chi connectivity index (χ0) is 14.0. The van der Waals surface area contributed by atoms with Crippen LogP contribution in [0.15, 0.2) is 0 Å². The van der Waals surface area contributed by atoms with Crippen molar-refractivity contribution < 1.29 is 9.90 Å². The molecule has 1 aliphatic rings. The van der Waals surface area contributed by atoms with Gasteiger partial charge in [0, 0.05) is 26.1 Å². The highest BCUT2D eigenvalue weighted by Crippen LogP contribution is 2.30. The first-order chi connectivity index (χ1) is 8.14. The fraction of sp³-hybridized carbons (Fsp3) is 0.929. The van der Waals surface area contributed by atoms with E-state index in [2.05, 4.69) is 0 Å². The van der Waals surface area contributed by atoms with Crippen LogP contribution < -0.4 is 5.73 Å². The van der Waals surface area contributed by atoms with Crippen LogP contribution in [0, 0.1) is 5.41 Å². The fourth-order valence-corrected chi connectivity index (χ4v) is 2.37. The number of aliphatic hydroxyl groups is 1. The highest BCUT2D eigenvalue weighted by atomic mass is 16.3. The van der Waals surface area contributed by atoms with E-state index in [4.69, 9.17) is 5.73 Å². The average molecular weight is 256 g/mol. The van der Waals surface area contributed by atoms with E-state index in [1.54, 1.807) is 11.9 Å². The van der Waals surface area contributed by atoms with E-state index in [1.807, 2.05) is 20.8 Å². The first-order valence-electron chi connectivity index (χ1n) is 6.86. The summed E-state index contributed by atoms with van der Waals surface area (Å²) >= 11 is 0. The Hall–Kier alpha value is -0.610. The summed E-state index contributed by atoms with van der Waals surface area (Å²) in [6, 6.07) is -0.148. The molecule has 0 spiro atoms. The Morgan fingerprint density at radius 2 is 1.89 bits per heavy atom. The van der Waals surface area contributed by atoms with Crippen LogP contribution in [-0.4, -0.2) is 41.1 Å². The predicted octanol–water partition coefficient (Wildman–Crippen LogP) is 1.51. The van der Waals surface area contributed by atoms with Crippen LogP contribution in [0.3, 0.4) is 0 Å². The summed E-state index contributed by atoms with van der Waals surface area (Å²) in [4.78, 5) is 13.7. The van der Waals surface area contributed by atoms with Gasteiger partial charge in [-0.15, -0.1) is 0 Å². The molecule has 0 saturated heterocycles. The SMILES string of the molecule is CN(CC1(O)CCCC1)C(=O)CC(N)C(C)(C)C. The van der Waals surface area contributed by atoms with E-state index in [9.17, 15) is 9.90 Å². The van der Waals surface area contributed by atoms with E-state index < -0.39 is 5.60 Å². The summed E-state index contributed by atoms with van der Waals surface area (Å²) in [7, 11) is 1.76. The summed E-state index contributed by atoms with van der Waals surface area (Å²) < 4.78 is 0. The van der Waals surface area contributed by atoms with Crippen LogP contribution in [0.2, 0.25) is 0 Å². The van der Waals surface area contributed by atoms with Crippen molar-refractivity contribution in [3.8, 4) is 0 Å². The normalized spacial score (nSPS) is 20.8. The molecule has 0 aromatic carbocycles. The molecule has 0 aromatic heterocycles. The van der Waals surface area contributed by atoms with Crippen LogP contribution in [0.1, 0.15) is 52.9 Å². The molecule has 1 atom stereocenters. The lowest BCUT2D eigenvalue weighted by Crippen LogP contribution is -2.45. The third-order valence-corrected chi connectivity index (χ3v) is 4.00. The quantitative estimate of drug-likeness (QED) is 0.801. The minimum atomic E-state index is -0.670.